The van der Waals surface area contributed by atoms with Crippen LogP contribution in [0.15, 0.2) is 54.7 Å². The molecule has 1 saturated heterocycles. The minimum Gasteiger partial charge on any atom is -0.444 e. The van der Waals surface area contributed by atoms with Crippen molar-refractivity contribution in [2.24, 2.45) is 0 Å². The summed E-state index contributed by atoms with van der Waals surface area (Å²) >= 11 is 0. The molecule has 0 radical (unpaired) electrons. The average molecular weight is 514 g/mol. The summed E-state index contributed by atoms with van der Waals surface area (Å²) in [6.07, 6.45) is 2.33. The molecule has 0 bridgehead atoms. The van der Waals surface area contributed by atoms with Crippen molar-refractivity contribution in [2.75, 3.05) is 35.7 Å². The number of amides is 1. The third-order valence-electron chi connectivity index (χ3n) is 7.78. The Hall–Kier alpha value is -3.85. The first-order chi connectivity index (χ1) is 18.1. The fraction of sp³-hybridized carbons (Fsp3) is 0.414. The molecule has 1 spiro atoms. The molecule has 3 aliphatic rings. The van der Waals surface area contributed by atoms with Crippen molar-refractivity contribution in [1.82, 2.24) is 20.3 Å². The lowest BCUT2D eigenvalue weighted by Gasteiger charge is -2.43. The van der Waals surface area contributed by atoms with Crippen LogP contribution >= 0.6 is 0 Å². The normalized spacial score (nSPS) is 24.2. The lowest BCUT2D eigenvalue weighted by molar-refractivity contribution is 0.00975. The molecule has 2 fully saturated rings. The monoisotopic (exact) mass is 513 g/mol. The van der Waals surface area contributed by atoms with E-state index in [2.05, 4.69) is 64.1 Å². The van der Waals surface area contributed by atoms with Crippen molar-refractivity contribution in [3.63, 3.8) is 0 Å². The molecule has 1 unspecified atom stereocenters. The smallest absolute Gasteiger partial charge is 0.410 e. The average Bonchev–Trinajstić information content (AvgIpc) is 3.47. The first kappa shape index (κ1) is 24.5. The van der Waals surface area contributed by atoms with Gasteiger partial charge in [-0.05, 0) is 57.4 Å². The van der Waals surface area contributed by atoms with E-state index in [0.29, 0.717) is 31.3 Å². The zero-order valence-electron chi connectivity index (χ0n) is 22.4. The van der Waals surface area contributed by atoms with E-state index in [4.69, 9.17) is 15.5 Å². The molecule has 2 aliphatic heterocycles. The van der Waals surface area contributed by atoms with Crippen LogP contribution in [0.5, 0.6) is 0 Å². The summed E-state index contributed by atoms with van der Waals surface area (Å²) in [7, 11) is 0. The number of hydrazine groups is 1. The van der Waals surface area contributed by atoms with E-state index in [-0.39, 0.29) is 23.6 Å². The van der Waals surface area contributed by atoms with Crippen LogP contribution < -0.4 is 21.5 Å². The highest BCUT2D eigenvalue weighted by atomic mass is 16.6. The number of rotatable bonds is 3. The summed E-state index contributed by atoms with van der Waals surface area (Å²) in [5, 5.41) is 0. The molecule has 3 aromatic rings. The predicted octanol–water partition coefficient (Wildman–Crippen LogP) is 4.70. The fourth-order valence-corrected chi connectivity index (χ4v) is 5.81. The largest absolute Gasteiger partial charge is 0.444 e. The highest BCUT2D eigenvalue weighted by Gasteiger charge is 2.63. The van der Waals surface area contributed by atoms with Crippen molar-refractivity contribution < 1.29 is 9.53 Å². The SMILES string of the molecule is CC1NNc2ccc(-c3cnc(N)c(N4CCN(C(=O)OC(C)(C)C)[C@@]5(C[C@@H]5c5ccccc5)C4)n3)cc21. The van der Waals surface area contributed by atoms with Crippen molar-refractivity contribution >= 4 is 23.4 Å². The Morgan fingerprint density at radius 1 is 1.16 bits per heavy atom. The number of carbonyl (C=O) groups excluding carboxylic acids is 1. The molecule has 3 atom stereocenters. The third-order valence-corrected chi connectivity index (χ3v) is 7.78. The summed E-state index contributed by atoms with van der Waals surface area (Å²) in [5.74, 6) is 1.27. The lowest BCUT2D eigenvalue weighted by atomic mass is 10.0. The predicted molar refractivity (Wildman–Crippen MR) is 149 cm³/mol. The zero-order chi connectivity index (χ0) is 26.7. The van der Waals surface area contributed by atoms with Crippen LogP contribution in [0.25, 0.3) is 11.3 Å². The molecule has 198 valence electrons. The van der Waals surface area contributed by atoms with Crippen molar-refractivity contribution in [3.05, 3.63) is 65.9 Å². The number of nitrogen functional groups attached to an aromatic ring is 1. The summed E-state index contributed by atoms with van der Waals surface area (Å²) in [5.41, 5.74) is 17.2. The number of aromatic nitrogens is 2. The highest BCUT2D eigenvalue weighted by molar-refractivity contribution is 5.74. The third kappa shape index (κ3) is 4.30. The molecular formula is C29H35N7O2. The van der Waals surface area contributed by atoms with Crippen molar-refractivity contribution in [1.29, 1.82) is 0 Å². The number of nitrogens with zero attached hydrogens (tertiary/aromatic N) is 4. The Balaban J connectivity index is 1.32. The van der Waals surface area contributed by atoms with Crippen LogP contribution in [0.3, 0.4) is 0 Å². The van der Waals surface area contributed by atoms with Gasteiger partial charge in [0.15, 0.2) is 11.6 Å². The Kier molecular flexibility index (Phi) is 5.72. The number of nitrogens with one attached hydrogen (secondary N) is 2. The first-order valence-electron chi connectivity index (χ1n) is 13.2. The second-order valence-electron chi connectivity index (χ2n) is 11.6. The van der Waals surface area contributed by atoms with E-state index in [9.17, 15) is 4.79 Å². The summed E-state index contributed by atoms with van der Waals surface area (Å²) in [4.78, 5) is 27.0. The Morgan fingerprint density at radius 2 is 1.95 bits per heavy atom. The van der Waals surface area contributed by atoms with E-state index < -0.39 is 5.60 Å². The highest BCUT2D eigenvalue weighted by Crippen LogP contribution is 2.57. The van der Waals surface area contributed by atoms with E-state index in [1.54, 1.807) is 6.20 Å². The van der Waals surface area contributed by atoms with E-state index in [1.165, 1.54) is 11.1 Å². The van der Waals surface area contributed by atoms with Crippen LogP contribution in [-0.4, -0.2) is 51.7 Å². The van der Waals surface area contributed by atoms with Gasteiger partial charge < -0.3 is 20.8 Å². The second-order valence-corrected chi connectivity index (χ2v) is 11.6. The van der Waals surface area contributed by atoms with Gasteiger partial charge in [0.05, 0.1) is 29.2 Å². The number of hydrogen-bond donors (Lipinski definition) is 3. The number of nitrogens with two attached hydrogens (primary N) is 1. The molecule has 1 saturated carbocycles. The molecule has 2 aromatic carbocycles. The molecule has 9 heteroatoms. The molecule has 4 N–H and O–H groups in total. The number of hydrogen-bond acceptors (Lipinski definition) is 8. The van der Waals surface area contributed by atoms with Gasteiger partial charge >= 0.3 is 6.09 Å². The minimum absolute atomic E-state index is 0.205. The molecular weight excluding hydrogens is 478 g/mol. The van der Waals surface area contributed by atoms with Gasteiger partial charge in [-0.15, -0.1) is 0 Å². The molecule has 3 heterocycles. The number of carbonyl (C=O) groups is 1. The zero-order valence-corrected chi connectivity index (χ0v) is 22.4. The van der Waals surface area contributed by atoms with Gasteiger partial charge in [0.25, 0.3) is 0 Å². The fourth-order valence-electron chi connectivity index (χ4n) is 5.81. The topological polar surface area (TPSA) is 109 Å². The quantitative estimate of drug-likeness (QED) is 0.463. The molecule has 1 aliphatic carbocycles. The Morgan fingerprint density at radius 3 is 2.71 bits per heavy atom. The number of benzene rings is 2. The van der Waals surface area contributed by atoms with Gasteiger partial charge in [-0.2, -0.15) is 0 Å². The molecule has 38 heavy (non-hydrogen) atoms. The maximum absolute atomic E-state index is 13.3. The van der Waals surface area contributed by atoms with Crippen LogP contribution in [0.1, 0.15) is 57.2 Å². The Labute approximate surface area is 223 Å². The van der Waals surface area contributed by atoms with E-state index in [1.807, 2.05) is 37.8 Å². The summed E-state index contributed by atoms with van der Waals surface area (Å²) < 4.78 is 5.83. The summed E-state index contributed by atoms with van der Waals surface area (Å²) in [6, 6.07) is 16.8. The van der Waals surface area contributed by atoms with Gasteiger partial charge in [-0.25, -0.2) is 20.2 Å². The van der Waals surface area contributed by atoms with E-state index in [0.717, 1.165) is 23.4 Å². The number of fused-ring (bicyclic) bond motifs is 1. The summed E-state index contributed by atoms with van der Waals surface area (Å²) in [6.45, 7) is 9.57. The van der Waals surface area contributed by atoms with Crippen LogP contribution in [0, 0.1) is 0 Å². The standard InChI is InChI=1S/C29H35N7O2/c1-18-21-14-20(10-11-23(21)34-33-18)24-16-31-25(30)26(32-24)35-12-13-36(27(37)38-28(2,3)4)29(17-35)15-22(29)19-8-6-5-7-9-19/h5-11,14,16,18,22,33-34H,12-13,15,17H2,1-4H3,(H2,30,31)/t18?,22-,29+/m1/s1. The minimum atomic E-state index is -0.560. The van der Waals surface area contributed by atoms with E-state index >= 15 is 0 Å². The maximum Gasteiger partial charge on any atom is 0.410 e. The van der Waals surface area contributed by atoms with Gasteiger partial charge in [-0.1, -0.05) is 36.4 Å². The number of ether oxygens (including phenoxy) is 1. The van der Waals surface area contributed by atoms with Gasteiger partial charge in [0, 0.05) is 31.1 Å². The molecule has 1 aromatic heterocycles. The molecule has 1 amide bonds. The van der Waals surface area contributed by atoms with Crippen LogP contribution in [0.4, 0.5) is 22.1 Å². The van der Waals surface area contributed by atoms with Gasteiger partial charge in [0.1, 0.15) is 5.60 Å². The Bertz CT molecular complexity index is 1370. The second kappa shape index (κ2) is 8.87. The number of anilines is 3. The van der Waals surface area contributed by atoms with Crippen LogP contribution in [0.2, 0.25) is 0 Å². The number of piperazine rings is 1. The molecule has 9 nitrogen and oxygen atoms in total. The molecule has 6 rings (SSSR count). The maximum atomic E-state index is 13.3. The van der Waals surface area contributed by atoms with Gasteiger partial charge in [0.2, 0.25) is 0 Å². The lowest BCUT2D eigenvalue weighted by Crippen LogP contribution is -2.59. The van der Waals surface area contributed by atoms with Crippen molar-refractivity contribution in [3.8, 4) is 11.3 Å². The van der Waals surface area contributed by atoms with Gasteiger partial charge in [-0.3, -0.25) is 4.90 Å². The van der Waals surface area contributed by atoms with Crippen molar-refractivity contribution in [2.45, 2.75) is 57.2 Å². The van der Waals surface area contributed by atoms with Crippen LogP contribution in [-0.2, 0) is 4.74 Å². The first-order valence-corrected chi connectivity index (χ1v) is 13.2.